The van der Waals surface area contributed by atoms with Gasteiger partial charge in [-0.3, -0.25) is 19.3 Å². The molecule has 1 aliphatic rings. The molecule has 3 aromatic rings. The molecule has 1 saturated heterocycles. The molecule has 0 spiro atoms. The molecular weight excluding hydrogens is 662 g/mol. The third-order valence-corrected chi connectivity index (χ3v) is 7.84. The Morgan fingerprint density at radius 3 is 2.61 bits per heavy atom. The van der Waals surface area contributed by atoms with Crippen molar-refractivity contribution in [1.82, 2.24) is 4.90 Å². The van der Waals surface area contributed by atoms with Gasteiger partial charge in [0.15, 0.2) is 18.1 Å². The number of aryl methyl sites for hydroxylation is 1. The number of anilines is 1. The van der Waals surface area contributed by atoms with Crippen LogP contribution in [0.3, 0.4) is 0 Å². The first-order valence-electron chi connectivity index (χ1n) is 11.2. The van der Waals surface area contributed by atoms with E-state index in [1.807, 2.05) is 25.1 Å². The number of amides is 3. The highest BCUT2D eigenvalue weighted by atomic mass is 127. The average Bonchev–Trinajstić information content (AvgIpc) is 3.12. The Hall–Kier alpha value is -2.73. The second kappa shape index (κ2) is 12.4. The first-order chi connectivity index (χ1) is 18.1. The Labute approximate surface area is 247 Å². The Morgan fingerprint density at radius 1 is 1.11 bits per heavy atom. The summed E-state index contributed by atoms with van der Waals surface area (Å²) in [5.41, 5.74) is 3.04. The average molecular weight is 683 g/mol. The molecule has 4 rings (SSSR count). The number of halogens is 3. The third kappa shape index (κ3) is 6.82. The van der Waals surface area contributed by atoms with Crippen molar-refractivity contribution in [2.75, 3.05) is 19.0 Å². The Kier molecular flexibility index (Phi) is 9.24. The van der Waals surface area contributed by atoms with Crippen LogP contribution in [0.25, 0.3) is 6.08 Å². The van der Waals surface area contributed by atoms with Gasteiger partial charge in [0.2, 0.25) is 0 Å². The van der Waals surface area contributed by atoms with E-state index in [9.17, 15) is 14.4 Å². The van der Waals surface area contributed by atoms with Crippen LogP contribution in [0.5, 0.6) is 11.5 Å². The SMILES string of the molecule is COc1cc(/C=C2\SC(=O)N(Cc3ccc(Cl)c(Cl)c3)C2=O)cc(I)c1OCC(=O)Nc1cccc(C)c1. The molecule has 1 heterocycles. The third-order valence-electron chi connectivity index (χ3n) is 5.40. The Morgan fingerprint density at radius 2 is 1.89 bits per heavy atom. The van der Waals surface area contributed by atoms with E-state index in [1.54, 1.807) is 42.5 Å². The fourth-order valence-electron chi connectivity index (χ4n) is 3.63. The van der Waals surface area contributed by atoms with Gasteiger partial charge in [0.25, 0.3) is 17.1 Å². The number of rotatable bonds is 8. The highest BCUT2D eigenvalue weighted by molar-refractivity contribution is 14.1. The maximum atomic E-state index is 13.0. The van der Waals surface area contributed by atoms with Gasteiger partial charge in [0, 0.05) is 5.69 Å². The zero-order chi connectivity index (χ0) is 27.4. The summed E-state index contributed by atoms with van der Waals surface area (Å²) in [5, 5.41) is 3.16. The van der Waals surface area contributed by atoms with Crippen LogP contribution in [0.15, 0.2) is 59.5 Å². The molecule has 38 heavy (non-hydrogen) atoms. The number of methoxy groups -OCH3 is 1. The van der Waals surface area contributed by atoms with Gasteiger partial charge in [-0.1, -0.05) is 41.4 Å². The van der Waals surface area contributed by atoms with E-state index in [1.165, 1.54) is 7.11 Å². The van der Waals surface area contributed by atoms with Gasteiger partial charge in [-0.05, 0) is 100 Å². The van der Waals surface area contributed by atoms with Gasteiger partial charge >= 0.3 is 0 Å². The van der Waals surface area contributed by atoms with Crippen molar-refractivity contribution < 1.29 is 23.9 Å². The lowest BCUT2D eigenvalue weighted by molar-refractivity contribution is -0.123. The van der Waals surface area contributed by atoms with Gasteiger partial charge in [-0.25, -0.2) is 0 Å². The number of thioether (sulfide) groups is 1. The number of ether oxygens (including phenoxy) is 2. The number of imide groups is 1. The fourth-order valence-corrected chi connectivity index (χ4v) is 5.57. The van der Waals surface area contributed by atoms with Crippen molar-refractivity contribution in [1.29, 1.82) is 0 Å². The molecule has 0 aliphatic carbocycles. The van der Waals surface area contributed by atoms with E-state index in [0.29, 0.717) is 41.9 Å². The molecule has 1 aliphatic heterocycles. The molecule has 0 aromatic heterocycles. The maximum absolute atomic E-state index is 13.0. The molecular formula is C27H21Cl2IN2O5S. The number of hydrogen-bond acceptors (Lipinski definition) is 6. The first kappa shape index (κ1) is 28.3. The quantitative estimate of drug-likeness (QED) is 0.200. The minimum atomic E-state index is -0.409. The van der Waals surface area contributed by atoms with Crippen LogP contribution < -0.4 is 14.8 Å². The molecule has 3 amide bonds. The number of carbonyl (C=O) groups excluding carboxylic acids is 3. The normalized spacial score (nSPS) is 14.2. The van der Waals surface area contributed by atoms with Gasteiger partial charge in [0.05, 0.1) is 32.2 Å². The monoisotopic (exact) mass is 682 g/mol. The Bertz CT molecular complexity index is 1460. The summed E-state index contributed by atoms with van der Waals surface area (Å²) in [4.78, 5) is 39.4. The van der Waals surface area contributed by atoms with Crippen LogP contribution in [0.4, 0.5) is 10.5 Å². The van der Waals surface area contributed by atoms with E-state index >= 15 is 0 Å². The smallest absolute Gasteiger partial charge is 0.293 e. The van der Waals surface area contributed by atoms with Gasteiger partial charge in [-0.2, -0.15) is 0 Å². The molecule has 7 nitrogen and oxygen atoms in total. The van der Waals surface area contributed by atoms with Crippen molar-refractivity contribution in [3.8, 4) is 11.5 Å². The second-order valence-electron chi connectivity index (χ2n) is 8.26. The number of nitrogens with zero attached hydrogens (tertiary/aromatic N) is 1. The van der Waals surface area contributed by atoms with Gasteiger partial charge < -0.3 is 14.8 Å². The molecule has 1 fully saturated rings. The first-order valence-corrected chi connectivity index (χ1v) is 13.9. The summed E-state index contributed by atoms with van der Waals surface area (Å²) in [6, 6.07) is 15.9. The van der Waals surface area contributed by atoms with E-state index in [0.717, 1.165) is 22.2 Å². The fraction of sp³-hybridized carbons (Fsp3) is 0.148. The molecule has 11 heteroatoms. The molecule has 0 bridgehead atoms. The highest BCUT2D eigenvalue weighted by Gasteiger charge is 2.35. The zero-order valence-electron chi connectivity index (χ0n) is 20.2. The van der Waals surface area contributed by atoms with Crippen LogP contribution in [-0.4, -0.2) is 35.7 Å². The summed E-state index contributed by atoms with van der Waals surface area (Å²) in [6.45, 7) is 1.81. The van der Waals surface area contributed by atoms with Crippen LogP contribution >= 0.6 is 57.6 Å². The molecule has 0 saturated carbocycles. The largest absolute Gasteiger partial charge is 0.493 e. The van der Waals surface area contributed by atoms with E-state index in [-0.39, 0.29) is 29.2 Å². The second-order valence-corrected chi connectivity index (χ2v) is 11.2. The van der Waals surface area contributed by atoms with Crippen LogP contribution in [0.1, 0.15) is 16.7 Å². The predicted molar refractivity (Wildman–Crippen MR) is 159 cm³/mol. The van der Waals surface area contributed by atoms with Crippen molar-refractivity contribution in [2.24, 2.45) is 0 Å². The van der Waals surface area contributed by atoms with Crippen molar-refractivity contribution in [3.05, 3.63) is 89.8 Å². The van der Waals surface area contributed by atoms with Crippen LogP contribution in [-0.2, 0) is 16.1 Å². The topological polar surface area (TPSA) is 84.9 Å². The summed E-state index contributed by atoms with van der Waals surface area (Å²) >= 11 is 14.9. The lowest BCUT2D eigenvalue weighted by atomic mass is 10.1. The van der Waals surface area contributed by atoms with E-state index < -0.39 is 5.91 Å². The summed E-state index contributed by atoms with van der Waals surface area (Å²) in [5.74, 6) is 0.0697. The lowest BCUT2D eigenvalue weighted by Gasteiger charge is -2.14. The minimum Gasteiger partial charge on any atom is -0.493 e. The number of benzene rings is 3. The number of nitrogens with one attached hydrogen (secondary N) is 1. The zero-order valence-corrected chi connectivity index (χ0v) is 24.7. The predicted octanol–water partition coefficient (Wildman–Crippen LogP) is 7.17. The summed E-state index contributed by atoms with van der Waals surface area (Å²) < 4.78 is 11.9. The number of carbonyl (C=O) groups is 3. The molecule has 0 unspecified atom stereocenters. The summed E-state index contributed by atoms with van der Waals surface area (Å²) in [7, 11) is 1.49. The molecule has 1 N–H and O–H groups in total. The lowest BCUT2D eigenvalue weighted by Crippen LogP contribution is -2.27. The van der Waals surface area contributed by atoms with E-state index in [4.69, 9.17) is 32.7 Å². The molecule has 196 valence electrons. The minimum absolute atomic E-state index is 0.0805. The number of hydrogen-bond donors (Lipinski definition) is 1. The van der Waals surface area contributed by atoms with Crippen molar-refractivity contribution in [2.45, 2.75) is 13.5 Å². The molecule has 3 aromatic carbocycles. The standard InChI is InChI=1S/C27H21Cl2IN2O5S/c1-15-4-3-5-18(8-15)31-24(33)14-37-25-21(30)10-17(11-22(25)36-2)12-23-26(34)32(27(35)38-23)13-16-6-7-19(28)20(29)9-16/h3-12H,13-14H2,1-2H3,(H,31,33)/b23-12-. The van der Waals surface area contributed by atoms with Crippen LogP contribution in [0.2, 0.25) is 10.0 Å². The van der Waals surface area contributed by atoms with Crippen molar-refractivity contribution >= 4 is 86.4 Å². The molecule has 0 radical (unpaired) electrons. The summed E-state index contributed by atoms with van der Waals surface area (Å²) in [6.07, 6.45) is 1.62. The van der Waals surface area contributed by atoms with Gasteiger partial charge in [-0.15, -0.1) is 0 Å². The van der Waals surface area contributed by atoms with Crippen LogP contribution in [0, 0.1) is 10.5 Å². The Balaban J connectivity index is 1.47. The van der Waals surface area contributed by atoms with E-state index in [2.05, 4.69) is 27.9 Å². The molecule has 0 atom stereocenters. The van der Waals surface area contributed by atoms with Gasteiger partial charge in [0.1, 0.15) is 0 Å². The van der Waals surface area contributed by atoms with Crippen molar-refractivity contribution in [3.63, 3.8) is 0 Å². The highest BCUT2D eigenvalue weighted by Crippen LogP contribution is 2.38. The maximum Gasteiger partial charge on any atom is 0.293 e.